The SMILES string of the molecule is CC(=O)N/C(=C/c1ccccc1C)C(=O)Nc1cc(Cl)ccc1Cl. The van der Waals surface area contributed by atoms with Crippen LogP contribution in [0.3, 0.4) is 0 Å². The van der Waals surface area contributed by atoms with Crippen LogP contribution in [0.15, 0.2) is 48.2 Å². The molecule has 0 aliphatic rings. The molecule has 2 amide bonds. The first-order valence-electron chi connectivity index (χ1n) is 7.18. The van der Waals surface area contributed by atoms with E-state index in [0.717, 1.165) is 11.1 Å². The molecule has 4 nitrogen and oxygen atoms in total. The van der Waals surface area contributed by atoms with Crippen LogP contribution in [0.4, 0.5) is 5.69 Å². The van der Waals surface area contributed by atoms with Crippen LogP contribution in [-0.4, -0.2) is 11.8 Å². The van der Waals surface area contributed by atoms with Gasteiger partial charge in [-0.1, -0.05) is 47.5 Å². The van der Waals surface area contributed by atoms with Crippen molar-refractivity contribution in [2.24, 2.45) is 0 Å². The fourth-order valence-electron chi connectivity index (χ4n) is 2.04. The number of nitrogens with one attached hydrogen (secondary N) is 2. The standard InChI is InChI=1S/C18H16Cl2N2O2/c1-11-5-3-4-6-13(11)9-17(21-12(2)23)18(24)22-16-10-14(19)7-8-15(16)20/h3-10H,1-2H3,(H,21,23)(H,22,24)/b17-9+. The topological polar surface area (TPSA) is 58.2 Å². The molecule has 0 radical (unpaired) electrons. The largest absolute Gasteiger partial charge is 0.322 e. The molecule has 0 saturated heterocycles. The smallest absolute Gasteiger partial charge is 0.272 e. The van der Waals surface area contributed by atoms with E-state index in [1.165, 1.54) is 6.92 Å². The van der Waals surface area contributed by atoms with Crippen LogP contribution in [0.1, 0.15) is 18.1 Å². The molecule has 0 fully saturated rings. The minimum absolute atomic E-state index is 0.118. The maximum atomic E-state index is 12.5. The average molecular weight is 363 g/mol. The zero-order valence-corrected chi connectivity index (χ0v) is 14.7. The molecule has 2 aromatic rings. The average Bonchev–Trinajstić information content (AvgIpc) is 2.52. The van der Waals surface area contributed by atoms with Crippen LogP contribution in [0.5, 0.6) is 0 Å². The summed E-state index contributed by atoms with van der Waals surface area (Å²) in [5.41, 5.74) is 2.30. The number of carbonyl (C=O) groups is 2. The monoisotopic (exact) mass is 362 g/mol. The predicted octanol–water partition coefficient (Wildman–Crippen LogP) is 4.42. The van der Waals surface area contributed by atoms with Crippen LogP contribution in [-0.2, 0) is 9.59 Å². The van der Waals surface area contributed by atoms with Crippen molar-refractivity contribution >= 4 is 46.8 Å². The number of aryl methyl sites for hydroxylation is 1. The van der Waals surface area contributed by atoms with E-state index in [1.54, 1.807) is 24.3 Å². The molecule has 0 spiro atoms. The van der Waals surface area contributed by atoms with Crippen molar-refractivity contribution in [1.29, 1.82) is 0 Å². The molecule has 2 rings (SSSR count). The maximum absolute atomic E-state index is 12.5. The molecule has 2 aromatic carbocycles. The zero-order chi connectivity index (χ0) is 17.7. The van der Waals surface area contributed by atoms with Gasteiger partial charge in [-0.05, 0) is 42.3 Å². The second-order valence-corrected chi connectivity index (χ2v) is 6.02. The third kappa shape index (κ3) is 4.85. The highest BCUT2D eigenvalue weighted by Crippen LogP contribution is 2.25. The van der Waals surface area contributed by atoms with Crippen molar-refractivity contribution in [3.05, 3.63) is 69.3 Å². The van der Waals surface area contributed by atoms with E-state index in [2.05, 4.69) is 10.6 Å². The summed E-state index contributed by atoms with van der Waals surface area (Å²) in [5, 5.41) is 6.00. The molecule has 0 aromatic heterocycles. The van der Waals surface area contributed by atoms with Gasteiger partial charge in [0.2, 0.25) is 5.91 Å². The Labute approximate surface area is 150 Å². The van der Waals surface area contributed by atoms with Crippen molar-refractivity contribution in [3.8, 4) is 0 Å². The summed E-state index contributed by atoms with van der Waals surface area (Å²) in [5.74, 6) is -0.834. The number of hydrogen-bond acceptors (Lipinski definition) is 2. The van der Waals surface area contributed by atoms with Gasteiger partial charge in [-0.25, -0.2) is 0 Å². The summed E-state index contributed by atoms with van der Waals surface area (Å²) in [4.78, 5) is 24.0. The first kappa shape index (κ1) is 18.0. The third-order valence-electron chi connectivity index (χ3n) is 3.22. The number of hydrogen-bond donors (Lipinski definition) is 2. The second-order valence-electron chi connectivity index (χ2n) is 5.17. The fourth-order valence-corrected chi connectivity index (χ4v) is 2.37. The van der Waals surface area contributed by atoms with Crippen molar-refractivity contribution in [1.82, 2.24) is 5.32 Å². The van der Waals surface area contributed by atoms with Gasteiger partial charge in [0.25, 0.3) is 5.91 Å². The molecule has 0 aliphatic carbocycles. The zero-order valence-electron chi connectivity index (χ0n) is 13.2. The molecule has 0 heterocycles. The summed E-state index contributed by atoms with van der Waals surface area (Å²) in [6.45, 7) is 3.26. The molecule has 0 saturated carbocycles. The quantitative estimate of drug-likeness (QED) is 0.791. The van der Waals surface area contributed by atoms with E-state index >= 15 is 0 Å². The summed E-state index contributed by atoms with van der Waals surface area (Å²) >= 11 is 12.0. The van der Waals surface area contributed by atoms with Gasteiger partial charge < -0.3 is 10.6 Å². The summed E-state index contributed by atoms with van der Waals surface area (Å²) in [7, 11) is 0. The number of amides is 2. The minimum Gasteiger partial charge on any atom is -0.322 e. The van der Waals surface area contributed by atoms with Crippen LogP contribution in [0, 0.1) is 6.92 Å². The summed E-state index contributed by atoms with van der Waals surface area (Å²) < 4.78 is 0. The van der Waals surface area contributed by atoms with Gasteiger partial charge in [-0.15, -0.1) is 0 Å². The van der Waals surface area contributed by atoms with Crippen LogP contribution >= 0.6 is 23.2 Å². The van der Waals surface area contributed by atoms with Gasteiger partial charge in [-0.3, -0.25) is 9.59 Å². The van der Waals surface area contributed by atoms with E-state index in [9.17, 15) is 9.59 Å². The predicted molar refractivity (Wildman–Crippen MR) is 98.1 cm³/mol. The Morgan fingerprint density at radius 2 is 1.79 bits per heavy atom. The molecule has 24 heavy (non-hydrogen) atoms. The van der Waals surface area contributed by atoms with Crippen LogP contribution in [0.2, 0.25) is 10.0 Å². The fraction of sp³-hybridized carbons (Fsp3) is 0.111. The molecule has 124 valence electrons. The van der Waals surface area contributed by atoms with Crippen molar-refractivity contribution in [2.75, 3.05) is 5.32 Å². The lowest BCUT2D eigenvalue weighted by molar-refractivity contribution is -0.120. The maximum Gasteiger partial charge on any atom is 0.272 e. The lowest BCUT2D eigenvalue weighted by atomic mass is 10.1. The highest BCUT2D eigenvalue weighted by molar-refractivity contribution is 6.36. The number of rotatable bonds is 4. The summed E-state index contributed by atoms with van der Waals surface area (Å²) in [6, 6.07) is 12.3. The molecule has 0 aliphatic heterocycles. The Morgan fingerprint density at radius 1 is 1.08 bits per heavy atom. The van der Waals surface area contributed by atoms with E-state index in [0.29, 0.717) is 15.7 Å². The molecule has 6 heteroatoms. The van der Waals surface area contributed by atoms with E-state index in [1.807, 2.05) is 31.2 Å². The van der Waals surface area contributed by atoms with Gasteiger partial charge in [0.05, 0.1) is 10.7 Å². The van der Waals surface area contributed by atoms with Crippen LogP contribution in [0.25, 0.3) is 6.08 Å². The van der Waals surface area contributed by atoms with Gasteiger partial charge >= 0.3 is 0 Å². The Balaban J connectivity index is 2.34. The first-order valence-corrected chi connectivity index (χ1v) is 7.93. The Morgan fingerprint density at radius 3 is 2.46 bits per heavy atom. The Hall–Kier alpha value is -2.30. The van der Waals surface area contributed by atoms with Gasteiger partial charge in [0.1, 0.15) is 5.70 Å². The van der Waals surface area contributed by atoms with Gasteiger partial charge in [-0.2, -0.15) is 0 Å². The molecular formula is C18H16Cl2N2O2. The Bertz CT molecular complexity index is 816. The minimum atomic E-state index is -0.488. The first-order chi connectivity index (χ1) is 11.4. The van der Waals surface area contributed by atoms with E-state index < -0.39 is 5.91 Å². The highest BCUT2D eigenvalue weighted by Gasteiger charge is 2.14. The lowest BCUT2D eigenvalue weighted by Crippen LogP contribution is -2.29. The molecular weight excluding hydrogens is 347 g/mol. The van der Waals surface area contributed by atoms with Crippen LogP contribution < -0.4 is 10.6 Å². The van der Waals surface area contributed by atoms with Gasteiger partial charge in [0, 0.05) is 11.9 Å². The highest BCUT2D eigenvalue weighted by atomic mass is 35.5. The Kier molecular flexibility index (Phi) is 6.01. The second kappa shape index (κ2) is 7.99. The van der Waals surface area contributed by atoms with Crippen molar-refractivity contribution in [3.63, 3.8) is 0 Å². The number of benzene rings is 2. The van der Waals surface area contributed by atoms with Crippen molar-refractivity contribution < 1.29 is 9.59 Å². The molecule has 0 unspecified atom stereocenters. The number of carbonyl (C=O) groups excluding carboxylic acids is 2. The normalized spacial score (nSPS) is 11.1. The van der Waals surface area contributed by atoms with Gasteiger partial charge in [0.15, 0.2) is 0 Å². The van der Waals surface area contributed by atoms with Crippen molar-refractivity contribution in [2.45, 2.75) is 13.8 Å². The molecule has 0 bridgehead atoms. The lowest BCUT2D eigenvalue weighted by Gasteiger charge is -2.12. The number of anilines is 1. The molecule has 2 N–H and O–H groups in total. The number of halogens is 2. The molecule has 0 atom stereocenters. The van der Waals surface area contributed by atoms with E-state index in [4.69, 9.17) is 23.2 Å². The summed E-state index contributed by atoms with van der Waals surface area (Å²) in [6.07, 6.45) is 1.62. The third-order valence-corrected chi connectivity index (χ3v) is 3.78. The van der Waals surface area contributed by atoms with E-state index in [-0.39, 0.29) is 11.6 Å².